The minimum absolute atomic E-state index is 0.0772. The lowest BCUT2D eigenvalue weighted by Crippen LogP contribution is -2.41. The summed E-state index contributed by atoms with van der Waals surface area (Å²) in [7, 11) is -3.96. The van der Waals surface area contributed by atoms with E-state index in [0.29, 0.717) is 18.4 Å². The van der Waals surface area contributed by atoms with Gasteiger partial charge in [-0.15, -0.1) is 0 Å². The first-order valence-electron chi connectivity index (χ1n) is 11.7. The predicted octanol–water partition coefficient (Wildman–Crippen LogP) is 3.84. The SMILES string of the molecule is CC(C)NN(C=O)c1cccc(CCc2cccc(S(=O)(=O)NC(CC(=O)O)c3ccccc3)c2)c1. The summed E-state index contributed by atoms with van der Waals surface area (Å²) < 4.78 is 28.8. The fourth-order valence-electron chi connectivity index (χ4n) is 3.81. The van der Waals surface area contributed by atoms with Crippen molar-refractivity contribution < 1.29 is 23.1 Å². The van der Waals surface area contributed by atoms with Crippen molar-refractivity contribution in [2.45, 2.75) is 50.1 Å². The molecule has 36 heavy (non-hydrogen) atoms. The molecule has 0 aliphatic carbocycles. The molecule has 3 rings (SSSR count). The van der Waals surface area contributed by atoms with Gasteiger partial charge in [0.25, 0.3) is 0 Å². The third kappa shape index (κ3) is 7.74. The van der Waals surface area contributed by atoms with Crippen LogP contribution < -0.4 is 15.2 Å². The first kappa shape index (κ1) is 27.1. The predicted molar refractivity (Wildman–Crippen MR) is 139 cm³/mol. The average Bonchev–Trinajstić information content (AvgIpc) is 2.86. The average molecular weight is 510 g/mol. The molecule has 8 nitrogen and oxygen atoms in total. The molecule has 0 radical (unpaired) electrons. The minimum atomic E-state index is -3.96. The van der Waals surface area contributed by atoms with Crippen LogP contribution in [0.1, 0.15) is 43.0 Å². The number of aryl methyl sites for hydroxylation is 2. The molecule has 0 aliphatic rings. The van der Waals surface area contributed by atoms with Crippen LogP contribution in [0, 0.1) is 0 Å². The Balaban J connectivity index is 1.74. The van der Waals surface area contributed by atoms with Gasteiger partial charge in [-0.1, -0.05) is 54.6 Å². The van der Waals surface area contributed by atoms with Gasteiger partial charge in [0.15, 0.2) is 0 Å². The Morgan fingerprint density at radius 3 is 2.19 bits per heavy atom. The summed E-state index contributed by atoms with van der Waals surface area (Å²) in [4.78, 5) is 22.9. The second kappa shape index (κ2) is 12.4. The molecule has 0 saturated heterocycles. The van der Waals surface area contributed by atoms with Gasteiger partial charge in [0.2, 0.25) is 16.4 Å². The van der Waals surface area contributed by atoms with E-state index in [1.807, 2.05) is 44.2 Å². The van der Waals surface area contributed by atoms with Gasteiger partial charge in [-0.05, 0) is 67.6 Å². The minimum Gasteiger partial charge on any atom is -0.481 e. The van der Waals surface area contributed by atoms with E-state index in [4.69, 9.17) is 0 Å². The van der Waals surface area contributed by atoms with Gasteiger partial charge in [0.05, 0.1) is 23.0 Å². The summed E-state index contributed by atoms with van der Waals surface area (Å²) in [5.74, 6) is -1.10. The smallest absolute Gasteiger partial charge is 0.305 e. The second-order valence-corrected chi connectivity index (χ2v) is 10.5. The number of sulfonamides is 1. The number of hydrazine groups is 1. The van der Waals surface area contributed by atoms with Crippen molar-refractivity contribution in [3.8, 4) is 0 Å². The van der Waals surface area contributed by atoms with Gasteiger partial charge < -0.3 is 5.11 Å². The van der Waals surface area contributed by atoms with Crippen LogP contribution >= 0.6 is 0 Å². The molecule has 0 saturated carbocycles. The van der Waals surface area contributed by atoms with Gasteiger partial charge >= 0.3 is 5.97 Å². The summed E-state index contributed by atoms with van der Waals surface area (Å²) >= 11 is 0. The van der Waals surface area contributed by atoms with Crippen LogP contribution in [0.25, 0.3) is 0 Å². The molecule has 1 atom stereocenters. The molecule has 3 N–H and O–H groups in total. The van der Waals surface area contributed by atoms with Crippen LogP contribution in [-0.2, 0) is 32.5 Å². The highest BCUT2D eigenvalue weighted by atomic mass is 32.2. The molecule has 0 aliphatic heterocycles. The summed E-state index contributed by atoms with van der Waals surface area (Å²) in [6, 6.07) is 22.1. The fourth-order valence-corrected chi connectivity index (χ4v) is 5.10. The Kier molecular flexibility index (Phi) is 9.35. The summed E-state index contributed by atoms with van der Waals surface area (Å²) in [6.07, 6.45) is 1.59. The van der Waals surface area contributed by atoms with E-state index in [9.17, 15) is 23.1 Å². The molecular weight excluding hydrogens is 478 g/mol. The lowest BCUT2D eigenvalue weighted by Gasteiger charge is -2.21. The number of hydrogen-bond acceptors (Lipinski definition) is 5. The van der Waals surface area contributed by atoms with Gasteiger partial charge in [0.1, 0.15) is 0 Å². The number of carboxylic acid groups (broad SMARTS) is 1. The van der Waals surface area contributed by atoms with E-state index in [1.165, 1.54) is 11.1 Å². The number of rotatable bonds is 13. The molecule has 190 valence electrons. The number of nitrogens with one attached hydrogen (secondary N) is 2. The van der Waals surface area contributed by atoms with Crippen molar-refractivity contribution in [3.63, 3.8) is 0 Å². The molecule has 0 spiro atoms. The van der Waals surface area contributed by atoms with Crippen LogP contribution in [0.2, 0.25) is 0 Å². The number of carbonyl (C=O) groups excluding carboxylic acids is 1. The maximum Gasteiger partial charge on any atom is 0.305 e. The number of hydrogen-bond donors (Lipinski definition) is 3. The Labute approximate surface area is 212 Å². The topological polar surface area (TPSA) is 116 Å². The zero-order valence-corrected chi connectivity index (χ0v) is 21.1. The highest BCUT2D eigenvalue weighted by Gasteiger charge is 2.23. The molecule has 0 aromatic heterocycles. The molecule has 0 heterocycles. The van der Waals surface area contributed by atoms with E-state index >= 15 is 0 Å². The van der Waals surface area contributed by atoms with Crippen LogP contribution in [0.5, 0.6) is 0 Å². The molecule has 3 aromatic carbocycles. The van der Waals surface area contributed by atoms with Crippen LogP contribution in [-0.4, -0.2) is 31.9 Å². The zero-order valence-electron chi connectivity index (χ0n) is 20.3. The Bertz CT molecular complexity index is 1280. The number of anilines is 1. The summed E-state index contributed by atoms with van der Waals surface area (Å²) in [5, 5.41) is 10.7. The van der Waals surface area contributed by atoms with Crippen LogP contribution in [0.4, 0.5) is 5.69 Å². The highest BCUT2D eigenvalue weighted by Crippen LogP contribution is 2.22. The Morgan fingerprint density at radius 2 is 1.58 bits per heavy atom. The van der Waals surface area contributed by atoms with E-state index in [-0.39, 0.29) is 17.4 Å². The lowest BCUT2D eigenvalue weighted by molar-refractivity contribution is -0.137. The maximum absolute atomic E-state index is 13.1. The monoisotopic (exact) mass is 509 g/mol. The molecule has 9 heteroatoms. The highest BCUT2D eigenvalue weighted by molar-refractivity contribution is 7.89. The lowest BCUT2D eigenvalue weighted by atomic mass is 10.0. The van der Waals surface area contributed by atoms with Gasteiger partial charge in [0, 0.05) is 6.04 Å². The number of nitrogens with zero attached hydrogens (tertiary/aromatic N) is 1. The van der Waals surface area contributed by atoms with Crippen molar-refractivity contribution >= 4 is 28.1 Å². The van der Waals surface area contributed by atoms with Gasteiger partial charge in [-0.2, -0.15) is 0 Å². The molecule has 0 bridgehead atoms. The second-order valence-electron chi connectivity index (χ2n) is 8.76. The summed E-state index contributed by atoms with van der Waals surface area (Å²) in [5.41, 5.74) is 6.19. The third-order valence-electron chi connectivity index (χ3n) is 5.48. The van der Waals surface area contributed by atoms with E-state index in [0.717, 1.165) is 23.2 Å². The van der Waals surface area contributed by atoms with Crippen molar-refractivity contribution in [1.82, 2.24) is 10.1 Å². The van der Waals surface area contributed by atoms with Gasteiger partial charge in [-0.3, -0.25) is 9.59 Å². The third-order valence-corrected chi connectivity index (χ3v) is 6.95. The molecular formula is C27H31N3O5S. The van der Waals surface area contributed by atoms with Crippen molar-refractivity contribution in [1.29, 1.82) is 0 Å². The standard InChI is InChI=1S/C27H31N3O5S/c1-20(2)28-30(19-31)24-12-6-8-21(16-24)14-15-22-9-7-13-25(17-22)36(34,35)29-26(18-27(32)33)23-10-4-3-5-11-23/h3-13,16-17,19-20,26,28-29H,14-15,18H2,1-2H3,(H,32,33). The van der Waals surface area contributed by atoms with Crippen molar-refractivity contribution in [2.75, 3.05) is 5.01 Å². The molecule has 3 aromatic rings. The number of amides is 1. The number of carbonyl (C=O) groups is 2. The normalized spacial score (nSPS) is 12.3. The van der Waals surface area contributed by atoms with E-state index in [2.05, 4.69) is 10.1 Å². The largest absolute Gasteiger partial charge is 0.481 e. The first-order valence-corrected chi connectivity index (χ1v) is 13.1. The fraction of sp³-hybridized carbons (Fsp3) is 0.259. The molecule has 1 unspecified atom stereocenters. The number of aliphatic carboxylic acids is 1. The Morgan fingerprint density at radius 1 is 0.944 bits per heavy atom. The van der Waals surface area contributed by atoms with E-state index in [1.54, 1.807) is 42.5 Å². The number of benzene rings is 3. The number of carboxylic acids is 1. The Hall–Kier alpha value is -3.53. The van der Waals surface area contributed by atoms with Gasteiger partial charge in [-0.25, -0.2) is 23.6 Å². The van der Waals surface area contributed by atoms with Crippen LogP contribution in [0.15, 0.2) is 83.8 Å². The van der Waals surface area contributed by atoms with Crippen molar-refractivity contribution in [3.05, 3.63) is 95.6 Å². The molecule has 0 fully saturated rings. The zero-order chi connectivity index (χ0) is 26.1. The van der Waals surface area contributed by atoms with Crippen molar-refractivity contribution in [2.24, 2.45) is 0 Å². The first-order chi connectivity index (χ1) is 17.2. The maximum atomic E-state index is 13.1. The quantitative estimate of drug-likeness (QED) is 0.238. The molecule has 1 amide bonds. The van der Waals surface area contributed by atoms with E-state index < -0.39 is 22.0 Å². The van der Waals surface area contributed by atoms with Crippen LogP contribution in [0.3, 0.4) is 0 Å². The summed E-state index contributed by atoms with van der Waals surface area (Å²) in [6.45, 7) is 3.89.